The maximum absolute atomic E-state index is 11.6. The number of nitrogens with one attached hydrogen (secondary N) is 2. The Morgan fingerprint density at radius 1 is 1.48 bits per heavy atom. The molecule has 3 heterocycles. The molecule has 0 fully saturated rings. The number of aromatic amines is 1. The van der Waals surface area contributed by atoms with Crippen molar-refractivity contribution >= 4 is 34.3 Å². The number of ether oxygens (including phenoxy) is 1. The fourth-order valence-electron chi connectivity index (χ4n) is 1.86. The van der Waals surface area contributed by atoms with Gasteiger partial charge < -0.3 is 9.72 Å². The van der Waals surface area contributed by atoms with Crippen LogP contribution in [0.2, 0.25) is 0 Å². The van der Waals surface area contributed by atoms with Gasteiger partial charge in [-0.25, -0.2) is 14.8 Å². The number of amides is 1. The molecule has 6 nitrogen and oxygen atoms in total. The first-order valence-electron chi connectivity index (χ1n) is 6.48. The number of carbonyl (C=O) groups excluding carboxylic acids is 1. The molecule has 0 saturated heterocycles. The molecule has 0 saturated carbocycles. The van der Waals surface area contributed by atoms with E-state index in [9.17, 15) is 4.79 Å². The van der Waals surface area contributed by atoms with Gasteiger partial charge in [0.15, 0.2) is 5.65 Å². The Morgan fingerprint density at radius 3 is 3.05 bits per heavy atom. The molecule has 0 unspecified atom stereocenters. The second-order valence-corrected chi connectivity index (χ2v) is 5.55. The predicted molar refractivity (Wildman–Crippen MR) is 82.4 cm³/mol. The predicted octanol–water partition coefficient (Wildman–Crippen LogP) is 3.64. The number of rotatable bonds is 3. The summed E-state index contributed by atoms with van der Waals surface area (Å²) in [5, 5.41) is 6.64. The standard InChI is InChI=1S/C14H14N4O2S/c1-8(2)20-14(19)16-10-5-11-13(15-6-10)18-12(17-11)9-3-4-21-7-9/h3-8H,1-2H3,(H,16,19)(H,15,17,18). The van der Waals surface area contributed by atoms with E-state index in [-0.39, 0.29) is 6.10 Å². The van der Waals surface area contributed by atoms with Crippen LogP contribution in [0.15, 0.2) is 29.1 Å². The van der Waals surface area contributed by atoms with Crippen molar-refractivity contribution in [1.82, 2.24) is 15.0 Å². The average Bonchev–Trinajstić information content (AvgIpc) is 3.05. The maximum Gasteiger partial charge on any atom is 0.411 e. The number of nitrogens with zero attached hydrogens (tertiary/aromatic N) is 2. The monoisotopic (exact) mass is 302 g/mol. The molecule has 0 aliphatic carbocycles. The van der Waals surface area contributed by atoms with E-state index < -0.39 is 6.09 Å². The van der Waals surface area contributed by atoms with Crippen molar-refractivity contribution in [3.05, 3.63) is 29.1 Å². The highest BCUT2D eigenvalue weighted by molar-refractivity contribution is 7.08. The summed E-state index contributed by atoms with van der Waals surface area (Å²) >= 11 is 1.61. The molecule has 0 aromatic carbocycles. The minimum Gasteiger partial charge on any atom is -0.447 e. The molecule has 0 bridgehead atoms. The first-order chi connectivity index (χ1) is 10.1. The molecule has 1 amide bonds. The fourth-order valence-corrected chi connectivity index (χ4v) is 2.50. The summed E-state index contributed by atoms with van der Waals surface area (Å²) in [5.41, 5.74) is 2.95. The lowest BCUT2D eigenvalue weighted by Gasteiger charge is -2.08. The SMILES string of the molecule is CC(C)OC(=O)Nc1cnc2[nH]c(-c3ccsc3)nc2c1. The minimum atomic E-state index is -0.500. The number of pyridine rings is 1. The van der Waals surface area contributed by atoms with Crippen LogP contribution in [-0.2, 0) is 4.74 Å². The van der Waals surface area contributed by atoms with Crippen molar-refractivity contribution < 1.29 is 9.53 Å². The van der Waals surface area contributed by atoms with Gasteiger partial charge in [0.05, 0.1) is 18.0 Å². The molecule has 7 heteroatoms. The molecule has 3 rings (SSSR count). The van der Waals surface area contributed by atoms with Gasteiger partial charge in [0, 0.05) is 10.9 Å². The largest absolute Gasteiger partial charge is 0.447 e. The van der Waals surface area contributed by atoms with E-state index in [1.165, 1.54) is 0 Å². The van der Waals surface area contributed by atoms with Gasteiger partial charge in [0.2, 0.25) is 0 Å². The van der Waals surface area contributed by atoms with Crippen molar-refractivity contribution in [3.63, 3.8) is 0 Å². The molecule has 3 aromatic heterocycles. The molecule has 108 valence electrons. The lowest BCUT2D eigenvalue weighted by atomic mass is 10.3. The van der Waals surface area contributed by atoms with Gasteiger partial charge in [0.1, 0.15) is 11.3 Å². The number of H-pyrrole nitrogens is 1. The lowest BCUT2D eigenvalue weighted by molar-refractivity contribution is 0.130. The van der Waals surface area contributed by atoms with Gasteiger partial charge in [-0.15, -0.1) is 0 Å². The van der Waals surface area contributed by atoms with Crippen LogP contribution in [0.4, 0.5) is 10.5 Å². The van der Waals surface area contributed by atoms with Crippen LogP contribution in [0.3, 0.4) is 0 Å². The molecule has 0 spiro atoms. The van der Waals surface area contributed by atoms with Gasteiger partial charge in [-0.2, -0.15) is 11.3 Å². The van der Waals surface area contributed by atoms with Gasteiger partial charge >= 0.3 is 6.09 Å². The van der Waals surface area contributed by atoms with Crippen LogP contribution in [0.25, 0.3) is 22.6 Å². The van der Waals surface area contributed by atoms with E-state index in [0.29, 0.717) is 16.9 Å². The first-order valence-corrected chi connectivity index (χ1v) is 7.42. The van der Waals surface area contributed by atoms with Crippen molar-refractivity contribution in [2.45, 2.75) is 20.0 Å². The van der Waals surface area contributed by atoms with Crippen molar-refractivity contribution in [2.24, 2.45) is 0 Å². The molecule has 21 heavy (non-hydrogen) atoms. The number of hydrogen-bond donors (Lipinski definition) is 2. The highest BCUT2D eigenvalue weighted by atomic mass is 32.1. The fraction of sp³-hybridized carbons (Fsp3) is 0.214. The third-order valence-corrected chi connectivity index (χ3v) is 3.40. The van der Waals surface area contributed by atoms with E-state index >= 15 is 0 Å². The van der Waals surface area contributed by atoms with Crippen LogP contribution in [0.5, 0.6) is 0 Å². The molecule has 0 aliphatic heterocycles. The quantitative estimate of drug-likeness (QED) is 0.774. The summed E-state index contributed by atoms with van der Waals surface area (Å²) < 4.78 is 5.03. The molecular weight excluding hydrogens is 288 g/mol. The summed E-state index contributed by atoms with van der Waals surface area (Å²) in [4.78, 5) is 23.5. The number of fused-ring (bicyclic) bond motifs is 1. The molecule has 0 aliphatic rings. The third-order valence-electron chi connectivity index (χ3n) is 2.72. The van der Waals surface area contributed by atoms with Gasteiger partial charge in [0.25, 0.3) is 0 Å². The smallest absolute Gasteiger partial charge is 0.411 e. The summed E-state index contributed by atoms with van der Waals surface area (Å²) in [6, 6.07) is 3.75. The van der Waals surface area contributed by atoms with E-state index in [4.69, 9.17) is 4.74 Å². The van der Waals surface area contributed by atoms with E-state index in [0.717, 1.165) is 11.4 Å². The Labute approximate surface area is 125 Å². The zero-order chi connectivity index (χ0) is 14.8. The van der Waals surface area contributed by atoms with Crippen LogP contribution < -0.4 is 5.32 Å². The lowest BCUT2D eigenvalue weighted by Crippen LogP contribution is -2.18. The van der Waals surface area contributed by atoms with Crippen molar-refractivity contribution in [2.75, 3.05) is 5.32 Å². The summed E-state index contributed by atoms with van der Waals surface area (Å²) in [6.45, 7) is 3.59. The number of hydrogen-bond acceptors (Lipinski definition) is 5. The molecular formula is C14H14N4O2S. The number of aromatic nitrogens is 3. The van der Waals surface area contributed by atoms with Crippen LogP contribution in [-0.4, -0.2) is 27.1 Å². The van der Waals surface area contributed by atoms with Crippen LogP contribution in [0, 0.1) is 0 Å². The van der Waals surface area contributed by atoms with E-state index in [1.54, 1.807) is 37.4 Å². The zero-order valence-corrected chi connectivity index (χ0v) is 12.4. The summed E-state index contributed by atoms with van der Waals surface area (Å²) in [7, 11) is 0. The second-order valence-electron chi connectivity index (χ2n) is 4.77. The highest BCUT2D eigenvalue weighted by Crippen LogP contribution is 2.23. The summed E-state index contributed by atoms with van der Waals surface area (Å²) in [6.07, 6.45) is 0.900. The summed E-state index contributed by atoms with van der Waals surface area (Å²) in [5.74, 6) is 0.764. The second kappa shape index (κ2) is 5.53. The third kappa shape index (κ3) is 3.03. The van der Waals surface area contributed by atoms with E-state index in [2.05, 4.69) is 20.3 Å². The minimum absolute atomic E-state index is 0.169. The normalized spacial score (nSPS) is 11.0. The Balaban J connectivity index is 1.85. The van der Waals surface area contributed by atoms with Gasteiger partial charge in [-0.1, -0.05) is 0 Å². The highest BCUT2D eigenvalue weighted by Gasteiger charge is 2.10. The Kier molecular flexibility index (Phi) is 3.57. The number of imidazole rings is 1. The van der Waals surface area contributed by atoms with Crippen molar-refractivity contribution in [3.8, 4) is 11.4 Å². The Hall–Kier alpha value is -2.41. The maximum atomic E-state index is 11.6. The molecule has 0 radical (unpaired) electrons. The zero-order valence-electron chi connectivity index (χ0n) is 11.6. The molecule has 2 N–H and O–H groups in total. The Bertz CT molecular complexity index is 764. The van der Waals surface area contributed by atoms with Crippen LogP contribution >= 0.6 is 11.3 Å². The number of carbonyl (C=O) groups is 1. The number of anilines is 1. The van der Waals surface area contributed by atoms with Gasteiger partial charge in [-0.05, 0) is 31.4 Å². The number of thiophene rings is 1. The van der Waals surface area contributed by atoms with Crippen LogP contribution in [0.1, 0.15) is 13.8 Å². The average molecular weight is 302 g/mol. The first kappa shape index (κ1) is 13.6. The Morgan fingerprint density at radius 2 is 2.33 bits per heavy atom. The van der Waals surface area contributed by atoms with E-state index in [1.807, 2.05) is 16.8 Å². The topological polar surface area (TPSA) is 79.9 Å². The van der Waals surface area contributed by atoms with Crippen molar-refractivity contribution in [1.29, 1.82) is 0 Å². The molecule has 0 atom stereocenters. The molecule has 3 aromatic rings. The van der Waals surface area contributed by atoms with Gasteiger partial charge in [-0.3, -0.25) is 5.32 Å².